The number of nitrogens with zero attached hydrogens (tertiary/aromatic N) is 1. The van der Waals surface area contributed by atoms with Crippen molar-refractivity contribution in [1.29, 1.82) is 0 Å². The Hall–Kier alpha value is -1.52. The molecule has 3 N–H and O–H groups in total. The van der Waals surface area contributed by atoms with Gasteiger partial charge in [0.1, 0.15) is 11.4 Å². The molecule has 0 radical (unpaired) electrons. The molecule has 74 valence electrons. The van der Waals surface area contributed by atoms with Crippen molar-refractivity contribution in [3.63, 3.8) is 0 Å². The maximum atomic E-state index is 11.0. The lowest BCUT2D eigenvalue weighted by atomic mass is 10.3. The molecule has 0 bridgehead atoms. The molecule has 0 spiro atoms. The molecule has 0 aliphatic carbocycles. The van der Waals surface area contributed by atoms with E-state index in [0.29, 0.717) is 6.61 Å². The molecule has 0 fully saturated rings. The van der Waals surface area contributed by atoms with Gasteiger partial charge >= 0.3 is 5.97 Å². The smallest absolute Gasteiger partial charge is 0.343 e. The highest BCUT2D eigenvalue weighted by Gasteiger charge is 2.11. The number of carbonyl (C=O) groups is 1. The van der Waals surface area contributed by atoms with Crippen molar-refractivity contribution >= 4 is 11.8 Å². The Morgan fingerprint density at radius 2 is 2.31 bits per heavy atom. The number of anilines is 1. The van der Waals surface area contributed by atoms with Crippen LogP contribution in [0.5, 0.6) is 0 Å². The van der Waals surface area contributed by atoms with Crippen LogP contribution in [0.15, 0.2) is 6.20 Å². The summed E-state index contributed by atoms with van der Waals surface area (Å²) in [5, 5.41) is 6.01. The standard InChI is InChI=1S/C6H9N3O2.C2H6/c1-2-11-6(10)4-3-8-9-5(4)7;1-2/h3H,2H2,1H3,(H3,7,8,9);1-2H3. The molecule has 1 aromatic heterocycles. The van der Waals surface area contributed by atoms with Gasteiger partial charge in [-0.2, -0.15) is 5.10 Å². The van der Waals surface area contributed by atoms with Crippen LogP contribution in [0.1, 0.15) is 31.1 Å². The van der Waals surface area contributed by atoms with E-state index in [-0.39, 0.29) is 11.4 Å². The lowest BCUT2D eigenvalue weighted by molar-refractivity contribution is 0.0527. The number of rotatable bonds is 2. The van der Waals surface area contributed by atoms with Crippen molar-refractivity contribution < 1.29 is 9.53 Å². The highest BCUT2D eigenvalue weighted by atomic mass is 16.5. The van der Waals surface area contributed by atoms with Crippen LogP contribution in [0, 0.1) is 0 Å². The fraction of sp³-hybridized carbons (Fsp3) is 0.500. The van der Waals surface area contributed by atoms with Gasteiger partial charge in [0.05, 0.1) is 12.8 Å². The third-order valence-electron chi connectivity index (χ3n) is 1.16. The first-order valence-corrected chi connectivity index (χ1v) is 4.21. The molecule has 13 heavy (non-hydrogen) atoms. The van der Waals surface area contributed by atoms with Crippen molar-refractivity contribution in [2.24, 2.45) is 0 Å². The summed E-state index contributed by atoms with van der Waals surface area (Å²) in [6.45, 7) is 6.07. The number of aromatic nitrogens is 2. The quantitative estimate of drug-likeness (QED) is 0.678. The van der Waals surface area contributed by atoms with E-state index in [9.17, 15) is 4.79 Å². The molecular formula is C8H15N3O2. The number of hydrogen-bond donors (Lipinski definition) is 2. The van der Waals surface area contributed by atoms with Crippen LogP contribution in [0.25, 0.3) is 0 Å². The van der Waals surface area contributed by atoms with E-state index in [4.69, 9.17) is 5.73 Å². The lowest BCUT2D eigenvalue weighted by Crippen LogP contribution is -2.05. The number of H-pyrrole nitrogens is 1. The molecule has 0 aliphatic rings. The fourth-order valence-electron chi connectivity index (χ4n) is 0.668. The largest absolute Gasteiger partial charge is 0.462 e. The Morgan fingerprint density at radius 3 is 2.69 bits per heavy atom. The van der Waals surface area contributed by atoms with E-state index >= 15 is 0 Å². The fourth-order valence-corrected chi connectivity index (χ4v) is 0.668. The van der Waals surface area contributed by atoms with Gasteiger partial charge in [-0.3, -0.25) is 5.10 Å². The summed E-state index contributed by atoms with van der Waals surface area (Å²) in [5.74, 6) is -0.206. The van der Waals surface area contributed by atoms with Gasteiger partial charge in [-0.15, -0.1) is 0 Å². The van der Waals surface area contributed by atoms with Gasteiger partial charge in [-0.05, 0) is 6.92 Å². The van der Waals surface area contributed by atoms with Gasteiger partial charge in [-0.25, -0.2) is 4.79 Å². The number of esters is 1. The van der Waals surface area contributed by atoms with Gasteiger partial charge in [0, 0.05) is 0 Å². The molecule has 0 aromatic carbocycles. The highest BCUT2D eigenvalue weighted by Crippen LogP contribution is 2.06. The minimum Gasteiger partial charge on any atom is -0.462 e. The van der Waals surface area contributed by atoms with Gasteiger partial charge in [0.25, 0.3) is 0 Å². The van der Waals surface area contributed by atoms with Gasteiger partial charge in [0.15, 0.2) is 0 Å². The molecule has 0 amide bonds. The third kappa shape index (κ3) is 3.14. The predicted octanol–water partition coefficient (Wildman–Crippen LogP) is 1.19. The predicted molar refractivity (Wildman–Crippen MR) is 50.3 cm³/mol. The number of ether oxygens (including phenoxy) is 1. The average molecular weight is 185 g/mol. The second-order valence-electron chi connectivity index (χ2n) is 1.92. The molecule has 1 heterocycles. The third-order valence-corrected chi connectivity index (χ3v) is 1.16. The Kier molecular flexibility index (Phi) is 5.34. The first-order chi connectivity index (χ1) is 6.25. The Bertz CT molecular complexity index is 258. The van der Waals surface area contributed by atoms with Crippen molar-refractivity contribution in [1.82, 2.24) is 10.2 Å². The Morgan fingerprint density at radius 1 is 1.69 bits per heavy atom. The van der Waals surface area contributed by atoms with Crippen LogP contribution < -0.4 is 5.73 Å². The number of hydrogen-bond acceptors (Lipinski definition) is 4. The molecule has 1 aromatic rings. The second-order valence-corrected chi connectivity index (χ2v) is 1.92. The molecular weight excluding hydrogens is 170 g/mol. The lowest BCUT2D eigenvalue weighted by Gasteiger charge is -1.97. The summed E-state index contributed by atoms with van der Waals surface area (Å²) >= 11 is 0. The van der Waals surface area contributed by atoms with Crippen molar-refractivity contribution in [3.05, 3.63) is 11.8 Å². The summed E-state index contributed by atoms with van der Waals surface area (Å²) in [4.78, 5) is 11.0. The SMILES string of the molecule is CC.CCOC(=O)c1cn[nH]c1N. The maximum Gasteiger partial charge on any atom is 0.343 e. The van der Waals surface area contributed by atoms with Crippen LogP contribution in [0.3, 0.4) is 0 Å². The van der Waals surface area contributed by atoms with Crippen molar-refractivity contribution in [2.75, 3.05) is 12.3 Å². The number of nitrogens with two attached hydrogens (primary N) is 1. The Balaban J connectivity index is 0.000000671. The van der Waals surface area contributed by atoms with Crippen LogP contribution in [0.2, 0.25) is 0 Å². The molecule has 5 heteroatoms. The Labute approximate surface area is 77.3 Å². The van der Waals surface area contributed by atoms with E-state index in [1.807, 2.05) is 13.8 Å². The molecule has 0 saturated heterocycles. The first-order valence-electron chi connectivity index (χ1n) is 4.21. The van der Waals surface area contributed by atoms with Gasteiger partial charge in [0.2, 0.25) is 0 Å². The summed E-state index contributed by atoms with van der Waals surface area (Å²) < 4.78 is 4.69. The minimum absolute atomic E-state index is 0.239. The average Bonchev–Trinajstić information content (AvgIpc) is 2.55. The zero-order valence-corrected chi connectivity index (χ0v) is 8.13. The second kappa shape index (κ2) is 6.05. The summed E-state index contributed by atoms with van der Waals surface area (Å²) in [6, 6.07) is 0. The monoisotopic (exact) mass is 185 g/mol. The van der Waals surface area contributed by atoms with Gasteiger partial charge in [-0.1, -0.05) is 13.8 Å². The van der Waals surface area contributed by atoms with E-state index < -0.39 is 5.97 Å². The number of nitrogen functional groups attached to an aromatic ring is 1. The molecule has 0 atom stereocenters. The summed E-state index contributed by atoms with van der Waals surface area (Å²) in [7, 11) is 0. The van der Waals surface area contributed by atoms with Crippen LogP contribution in [-0.2, 0) is 4.74 Å². The number of aromatic amines is 1. The van der Waals surface area contributed by atoms with E-state index in [1.54, 1.807) is 6.92 Å². The molecule has 5 nitrogen and oxygen atoms in total. The number of nitrogens with one attached hydrogen (secondary N) is 1. The maximum absolute atomic E-state index is 11.0. The topological polar surface area (TPSA) is 81.0 Å². The van der Waals surface area contributed by atoms with Crippen LogP contribution in [-0.4, -0.2) is 22.8 Å². The van der Waals surface area contributed by atoms with Crippen LogP contribution >= 0.6 is 0 Å². The normalized spacial score (nSPS) is 8.54. The minimum atomic E-state index is -0.446. The van der Waals surface area contributed by atoms with E-state index in [1.165, 1.54) is 6.20 Å². The molecule has 0 saturated carbocycles. The van der Waals surface area contributed by atoms with Gasteiger partial charge < -0.3 is 10.5 Å². The first kappa shape index (κ1) is 11.5. The molecule has 1 rings (SSSR count). The zero-order chi connectivity index (χ0) is 10.3. The van der Waals surface area contributed by atoms with E-state index in [2.05, 4.69) is 14.9 Å². The van der Waals surface area contributed by atoms with E-state index in [0.717, 1.165) is 0 Å². The van der Waals surface area contributed by atoms with Crippen molar-refractivity contribution in [2.45, 2.75) is 20.8 Å². The molecule has 0 aliphatic heterocycles. The number of carbonyl (C=O) groups excluding carboxylic acids is 1. The van der Waals surface area contributed by atoms with Crippen molar-refractivity contribution in [3.8, 4) is 0 Å². The summed E-state index contributed by atoms with van der Waals surface area (Å²) in [5.41, 5.74) is 5.64. The summed E-state index contributed by atoms with van der Waals surface area (Å²) in [6.07, 6.45) is 1.34. The van der Waals surface area contributed by atoms with Crippen LogP contribution in [0.4, 0.5) is 5.82 Å². The molecule has 0 unspecified atom stereocenters. The highest BCUT2D eigenvalue weighted by molar-refractivity contribution is 5.93. The zero-order valence-electron chi connectivity index (χ0n) is 8.13.